The number of hydrogen-bond donors (Lipinski definition) is 0. The van der Waals surface area contributed by atoms with Crippen LogP contribution in [0.3, 0.4) is 0 Å². The standard InChI is InChI=1S/C20H38O4/c1-6-7-8-9-10-11-12-13-14-15-18(23-17(2)21)16-19(22)24-20(3,4)5/h18H,6-16H2,1-5H3/t18-/m1/s1. The summed E-state index contributed by atoms with van der Waals surface area (Å²) in [4.78, 5) is 23.1. The van der Waals surface area contributed by atoms with Crippen molar-refractivity contribution in [1.82, 2.24) is 0 Å². The maximum atomic E-state index is 11.9. The highest BCUT2D eigenvalue weighted by Crippen LogP contribution is 2.16. The van der Waals surface area contributed by atoms with Crippen molar-refractivity contribution >= 4 is 11.9 Å². The van der Waals surface area contributed by atoms with Gasteiger partial charge in [-0.3, -0.25) is 9.59 Å². The van der Waals surface area contributed by atoms with E-state index < -0.39 is 5.60 Å². The van der Waals surface area contributed by atoms with Crippen LogP contribution in [0.4, 0.5) is 0 Å². The van der Waals surface area contributed by atoms with Crippen molar-refractivity contribution in [2.24, 2.45) is 0 Å². The zero-order valence-electron chi connectivity index (χ0n) is 16.5. The number of carbonyl (C=O) groups excluding carboxylic acids is 2. The highest BCUT2D eigenvalue weighted by molar-refractivity contribution is 5.71. The van der Waals surface area contributed by atoms with Gasteiger partial charge in [-0.25, -0.2) is 0 Å². The Bertz CT molecular complexity index is 344. The van der Waals surface area contributed by atoms with Crippen molar-refractivity contribution < 1.29 is 19.1 Å². The van der Waals surface area contributed by atoms with E-state index in [0.29, 0.717) is 0 Å². The lowest BCUT2D eigenvalue weighted by molar-refractivity contribution is -0.161. The van der Waals surface area contributed by atoms with E-state index in [2.05, 4.69) is 6.92 Å². The molecule has 0 N–H and O–H groups in total. The number of esters is 2. The van der Waals surface area contributed by atoms with E-state index in [1.165, 1.54) is 51.9 Å². The topological polar surface area (TPSA) is 52.6 Å². The molecule has 0 saturated heterocycles. The minimum Gasteiger partial charge on any atom is -0.462 e. The molecule has 0 rings (SSSR count). The molecule has 0 saturated carbocycles. The van der Waals surface area contributed by atoms with Crippen LogP contribution in [-0.2, 0) is 19.1 Å². The second-order valence-electron chi connectivity index (χ2n) is 7.64. The summed E-state index contributed by atoms with van der Waals surface area (Å²) >= 11 is 0. The molecule has 4 heteroatoms. The minimum atomic E-state index is -0.504. The summed E-state index contributed by atoms with van der Waals surface area (Å²) in [5.41, 5.74) is -0.504. The minimum absolute atomic E-state index is 0.147. The number of carbonyl (C=O) groups is 2. The average Bonchev–Trinajstić information content (AvgIpc) is 2.42. The summed E-state index contributed by atoms with van der Waals surface area (Å²) in [5, 5.41) is 0. The molecule has 1 atom stereocenters. The predicted molar refractivity (Wildman–Crippen MR) is 97.9 cm³/mol. The van der Waals surface area contributed by atoms with E-state index in [1.54, 1.807) is 0 Å². The fourth-order valence-corrected chi connectivity index (χ4v) is 2.69. The van der Waals surface area contributed by atoms with Crippen LogP contribution in [0.25, 0.3) is 0 Å². The molecule has 142 valence electrons. The normalized spacial score (nSPS) is 12.7. The summed E-state index contributed by atoms with van der Waals surface area (Å²) in [6.07, 6.45) is 11.7. The highest BCUT2D eigenvalue weighted by atomic mass is 16.6. The number of unbranched alkanes of at least 4 members (excludes halogenated alkanes) is 8. The third-order valence-electron chi connectivity index (χ3n) is 3.78. The molecule has 0 unspecified atom stereocenters. The van der Waals surface area contributed by atoms with Gasteiger partial charge in [-0.15, -0.1) is 0 Å². The van der Waals surface area contributed by atoms with E-state index in [9.17, 15) is 9.59 Å². The van der Waals surface area contributed by atoms with Gasteiger partial charge < -0.3 is 9.47 Å². The third kappa shape index (κ3) is 15.8. The lowest BCUT2D eigenvalue weighted by atomic mass is 10.0. The first kappa shape index (κ1) is 22.9. The maximum absolute atomic E-state index is 11.9. The van der Waals surface area contributed by atoms with E-state index >= 15 is 0 Å². The average molecular weight is 343 g/mol. The van der Waals surface area contributed by atoms with E-state index in [1.807, 2.05) is 20.8 Å². The molecule has 0 aromatic carbocycles. The van der Waals surface area contributed by atoms with Gasteiger partial charge in [-0.1, -0.05) is 58.3 Å². The summed E-state index contributed by atoms with van der Waals surface area (Å²) in [5.74, 6) is -0.635. The molecule has 0 aromatic heterocycles. The number of hydrogen-bond acceptors (Lipinski definition) is 4. The summed E-state index contributed by atoms with van der Waals surface area (Å²) < 4.78 is 10.6. The fraction of sp³-hybridized carbons (Fsp3) is 0.900. The Morgan fingerprint density at radius 3 is 1.83 bits per heavy atom. The zero-order chi connectivity index (χ0) is 18.4. The molecule has 0 fully saturated rings. The van der Waals surface area contributed by atoms with E-state index in [-0.39, 0.29) is 24.5 Å². The van der Waals surface area contributed by atoms with Gasteiger partial charge in [0.05, 0.1) is 6.42 Å². The second kappa shape index (κ2) is 13.3. The first-order chi connectivity index (χ1) is 11.2. The second-order valence-corrected chi connectivity index (χ2v) is 7.64. The van der Waals surface area contributed by atoms with Gasteiger partial charge in [0.1, 0.15) is 11.7 Å². The molecule has 4 nitrogen and oxygen atoms in total. The summed E-state index contributed by atoms with van der Waals surface area (Å²) in [7, 11) is 0. The lowest BCUT2D eigenvalue weighted by Crippen LogP contribution is -2.28. The van der Waals surface area contributed by atoms with Crippen molar-refractivity contribution in [3.8, 4) is 0 Å². The van der Waals surface area contributed by atoms with Crippen molar-refractivity contribution in [2.45, 2.75) is 117 Å². The molecule has 0 aliphatic carbocycles. The molecular formula is C20H38O4. The Balaban J connectivity index is 3.91. The van der Waals surface area contributed by atoms with Crippen LogP contribution >= 0.6 is 0 Å². The van der Waals surface area contributed by atoms with E-state index in [4.69, 9.17) is 9.47 Å². The van der Waals surface area contributed by atoms with Gasteiger partial charge >= 0.3 is 11.9 Å². The van der Waals surface area contributed by atoms with Crippen LogP contribution in [0.15, 0.2) is 0 Å². The van der Waals surface area contributed by atoms with Crippen LogP contribution in [0, 0.1) is 0 Å². The Labute approximate surface area is 148 Å². The zero-order valence-corrected chi connectivity index (χ0v) is 16.5. The highest BCUT2D eigenvalue weighted by Gasteiger charge is 2.22. The van der Waals surface area contributed by atoms with Crippen LogP contribution in [-0.4, -0.2) is 23.6 Å². The Morgan fingerprint density at radius 2 is 1.38 bits per heavy atom. The Morgan fingerprint density at radius 1 is 0.875 bits per heavy atom. The molecule has 24 heavy (non-hydrogen) atoms. The van der Waals surface area contributed by atoms with Crippen LogP contribution in [0.1, 0.15) is 105 Å². The van der Waals surface area contributed by atoms with Crippen molar-refractivity contribution in [2.75, 3.05) is 0 Å². The van der Waals surface area contributed by atoms with Gasteiger partial charge in [-0.2, -0.15) is 0 Å². The first-order valence-electron chi connectivity index (χ1n) is 9.63. The van der Waals surface area contributed by atoms with Crippen LogP contribution in [0.5, 0.6) is 0 Å². The first-order valence-corrected chi connectivity index (χ1v) is 9.63. The monoisotopic (exact) mass is 342 g/mol. The molecule has 0 bridgehead atoms. The van der Waals surface area contributed by atoms with E-state index in [0.717, 1.165) is 19.3 Å². The predicted octanol–water partition coefficient (Wildman–Crippen LogP) is 5.57. The quantitative estimate of drug-likeness (QED) is 0.324. The molecular weight excluding hydrogens is 304 g/mol. The Hall–Kier alpha value is -1.06. The van der Waals surface area contributed by atoms with Crippen molar-refractivity contribution in [3.63, 3.8) is 0 Å². The molecule has 0 aromatic rings. The largest absolute Gasteiger partial charge is 0.462 e. The molecule has 0 aliphatic heterocycles. The molecule has 0 amide bonds. The molecule has 0 aliphatic rings. The summed E-state index contributed by atoms with van der Waals surface area (Å²) in [6.45, 7) is 9.14. The lowest BCUT2D eigenvalue weighted by Gasteiger charge is -2.22. The van der Waals surface area contributed by atoms with Gasteiger partial charge in [0, 0.05) is 6.92 Å². The molecule has 0 spiro atoms. The van der Waals surface area contributed by atoms with Gasteiger partial charge in [0.2, 0.25) is 0 Å². The van der Waals surface area contributed by atoms with Gasteiger partial charge in [-0.05, 0) is 33.6 Å². The summed E-state index contributed by atoms with van der Waals surface area (Å²) in [6, 6.07) is 0. The number of ether oxygens (including phenoxy) is 2. The van der Waals surface area contributed by atoms with Crippen molar-refractivity contribution in [3.05, 3.63) is 0 Å². The van der Waals surface area contributed by atoms with Crippen LogP contribution in [0.2, 0.25) is 0 Å². The fourth-order valence-electron chi connectivity index (χ4n) is 2.69. The van der Waals surface area contributed by atoms with Gasteiger partial charge in [0.25, 0.3) is 0 Å². The van der Waals surface area contributed by atoms with Crippen molar-refractivity contribution in [1.29, 1.82) is 0 Å². The SMILES string of the molecule is CCCCCCCCCCC[C@H](CC(=O)OC(C)(C)C)OC(C)=O. The molecule has 0 radical (unpaired) electrons. The maximum Gasteiger partial charge on any atom is 0.310 e. The van der Waals surface area contributed by atoms with Crippen LogP contribution < -0.4 is 0 Å². The smallest absolute Gasteiger partial charge is 0.310 e. The van der Waals surface area contributed by atoms with Gasteiger partial charge in [0.15, 0.2) is 0 Å². The number of rotatable bonds is 13. The third-order valence-corrected chi connectivity index (χ3v) is 3.78. The molecule has 0 heterocycles. The Kier molecular flexibility index (Phi) is 12.7.